The van der Waals surface area contributed by atoms with Crippen molar-refractivity contribution in [3.63, 3.8) is 0 Å². The molecule has 8 nitrogen and oxygen atoms in total. The number of H-pyrrole nitrogens is 1. The molecule has 37 heavy (non-hydrogen) atoms. The lowest BCUT2D eigenvalue weighted by atomic mass is 9.95. The van der Waals surface area contributed by atoms with Crippen LogP contribution < -0.4 is 10.7 Å². The van der Waals surface area contributed by atoms with E-state index < -0.39 is 6.10 Å². The zero-order valence-electron chi connectivity index (χ0n) is 21.8. The van der Waals surface area contributed by atoms with Gasteiger partial charge < -0.3 is 15.5 Å². The molecular formula is C29H35N5O3. The van der Waals surface area contributed by atoms with Crippen LogP contribution in [0.5, 0.6) is 0 Å². The first-order valence-electron chi connectivity index (χ1n) is 13.2. The van der Waals surface area contributed by atoms with Gasteiger partial charge in [0.2, 0.25) is 0 Å². The van der Waals surface area contributed by atoms with Crippen LogP contribution in [0.3, 0.4) is 0 Å². The third-order valence-electron chi connectivity index (χ3n) is 7.56. The lowest BCUT2D eigenvalue weighted by Gasteiger charge is -2.33. The Morgan fingerprint density at radius 1 is 1.22 bits per heavy atom. The molecule has 0 saturated carbocycles. The Morgan fingerprint density at radius 2 is 2.00 bits per heavy atom. The molecule has 8 heteroatoms. The summed E-state index contributed by atoms with van der Waals surface area (Å²) in [4.78, 5) is 25.4. The SMILES string of the molecule is C=C(Nc1cccc2c1C(=O)c1c(C3=CC=C(CC)C3OCC(C)=O)n[nH]c1-2)NN1CCC(CC)CC1. The van der Waals surface area contributed by atoms with Gasteiger partial charge in [-0.25, -0.2) is 5.01 Å². The fourth-order valence-corrected chi connectivity index (χ4v) is 5.51. The Labute approximate surface area is 217 Å². The van der Waals surface area contributed by atoms with E-state index in [2.05, 4.69) is 39.5 Å². The van der Waals surface area contributed by atoms with Crippen LogP contribution in [0.15, 0.2) is 48.3 Å². The zero-order valence-corrected chi connectivity index (χ0v) is 21.8. The average molecular weight is 502 g/mol. The third kappa shape index (κ3) is 4.79. The highest BCUT2D eigenvalue weighted by Crippen LogP contribution is 2.44. The minimum absolute atomic E-state index is 0.0133. The van der Waals surface area contributed by atoms with Crippen LogP contribution in [0, 0.1) is 5.92 Å². The van der Waals surface area contributed by atoms with Crippen LogP contribution in [0.2, 0.25) is 0 Å². The average Bonchev–Trinajstić information content (AvgIpc) is 3.57. The molecule has 1 saturated heterocycles. The number of nitrogens with zero attached hydrogens (tertiary/aromatic N) is 2. The number of fused-ring (bicyclic) bond motifs is 3. The van der Waals surface area contributed by atoms with Crippen molar-refractivity contribution >= 4 is 22.8 Å². The maximum absolute atomic E-state index is 13.8. The van der Waals surface area contributed by atoms with Crippen LogP contribution >= 0.6 is 0 Å². The van der Waals surface area contributed by atoms with E-state index in [4.69, 9.17) is 4.74 Å². The maximum Gasteiger partial charge on any atom is 0.200 e. The summed E-state index contributed by atoms with van der Waals surface area (Å²) in [7, 11) is 0. The second kappa shape index (κ2) is 10.5. The number of hydrogen-bond acceptors (Lipinski definition) is 7. The molecule has 1 atom stereocenters. The number of ketones is 2. The fraction of sp³-hybridized carbons (Fsp3) is 0.414. The number of benzene rings is 1. The molecule has 194 valence electrons. The monoisotopic (exact) mass is 501 g/mol. The van der Waals surface area contributed by atoms with Crippen LogP contribution in [-0.4, -0.2) is 52.6 Å². The summed E-state index contributed by atoms with van der Waals surface area (Å²) in [6, 6.07) is 5.76. The molecule has 3 N–H and O–H groups in total. The van der Waals surface area contributed by atoms with Gasteiger partial charge in [-0.1, -0.05) is 51.1 Å². The normalized spacial score (nSPS) is 19.3. The molecule has 0 radical (unpaired) electrons. The Bertz CT molecular complexity index is 1300. The molecule has 5 rings (SSSR count). The number of hydrogen-bond donors (Lipinski definition) is 3. The molecule has 1 aromatic carbocycles. The van der Waals surface area contributed by atoms with Crippen molar-refractivity contribution in [2.45, 2.75) is 52.6 Å². The van der Waals surface area contributed by atoms with E-state index in [0.717, 1.165) is 42.1 Å². The molecule has 2 aromatic rings. The Kier molecular flexibility index (Phi) is 7.13. The lowest BCUT2D eigenvalue weighted by Crippen LogP contribution is -2.44. The van der Waals surface area contributed by atoms with Gasteiger partial charge in [0.25, 0.3) is 0 Å². The summed E-state index contributed by atoms with van der Waals surface area (Å²) >= 11 is 0. The molecule has 2 heterocycles. The molecule has 1 aliphatic heterocycles. The summed E-state index contributed by atoms with van der Waals surface area (Å²) in [6.07, 6.45) is 7.89. The highest BCUT2D eigenvalue weighted by atomic mass is 16.5. The summed E-state index contributed by atoms with van der Waals surface area (Å²) in [5, 5.41) is 13.1. The Hall–Kier alpha value is -3.49. The van der Waals surface area contributed by atoms with E-state index >= 15 is 0 Å². The van der Waals surface area contributed by atoms with Crippen LogP contribution in [0.1, 0.15) is 68.1 Å². The van der Waals surface area contributed by atoms with Gasteiger partial charge in [0.1, 0.15) is 24.2 Å². The molecular weight excluding hydrogens is 466 g/mol. The van der Waals surface area contributed by atoms with Gasteiger partial charge >= 0.3 is 0 Å². The minimum Gasteiger partial charge on any atom is -0.361 e. The van der Waals surface area contributed by atoms with E-state index in [0.29, 0.717) is 34.0 Å². The lowest BCUT2D eigenvalue weighted by molar-refractivity contribution is -0.121. The Morgan fingerprint density at radius 3 is 2.70 bits per heavy atom. The van der Waals surface area contributed by atoms with Crippen LogP contribution in [0.4, 0.5) is 5.69 Å². The first-order valence-corrected chi connectivity index (χ1v) is 13.2. The van der Waals surface area contributed by atoms with Gasteiger partial charge in [-0.15, -0.1) is 0 Å². The van der Waals surface area contributed by atoms with Crippen molar-refractivity contribution in [1.82, 2.24) is 20.6 Å². The number of carbonyl (C=O) groups excluding carboxylic acids is 2. The molecule has 3 aliphatic rings. The zero-order chi connectivity index (χ0) is 26.1. The highest BCUT2D eigenvalue weighted by Gasteiger charge is 2.38. The smallest absolute Gasteiger partial charge is 0.200 e. The molecule has 2 aliphatic carbocycles. The number of nitrogens with one attached hydrogen (secondary N) is 3. The summed E-state index contributed by atoms with van der Waals surface area (Å²) in [5.74, 6) is 1.29. The molecule has 1 fully saturated rings. The van der Waals surface area contributed by atoms with E-state index in [-0.39, 0.29) is 18.2 Å². The number of ether oxygens (including phenoxy) is 1. The van der Waals surface area contributed by atoms with E-state index in [9.17, 15) is 9.59 Å². The first-order chi connectivity index (χ1) is 17.9. The molecule has 1 unspecified atom stereocenters. The minimum atomic E-state index is -0.392. The van der Waals surface area contributed by atoms with Gasteiger partial charge in [0.05, 0.1) is 22.5 Å². The van der Waals surface area contributed by atoms with Gasteiger partial charge in [-0.3, -0.25) is 14.7 Å². The third-order valence-corrected chi connectivity index (χ3v) is 7.56. The van der Waals surface area contributed by atoms with Gasteiger partial charge in [-0.05, 0) is 43.7 Å². The number of piperidine rings is 1. The number of rotatable bonds is 10. The second-order valence-electron chi connectivity index (χ2n) is 10.0. The van der Waals surface area contributed by atoms with Gasteiger partial charge in [0.15, 0.2) is 11.6 Å². The van der Waals surface area contributed by atoms with Crippen molar-refractivity contribution < 1.29 is 14.3 Å². The van der Waals surface area contributed by atoms with Crippen molar-refractivity contribution in [3.8, 4) is 11.3 Å². The second-order valence-corrected chi connectivity index (χ2v) is 10.0. The quantitative estimate of drug-likeness (QED) is 0.366. The number of anilines is 1. The number of hydrazine groups is 1. The molecule has 0 amide bonds. The predicted molar refractivity (Wildman–Crippen MR) is 145 cm³/mol. The number of Topliss-reactive ketones (excluding diaryl/α,β-unsaturated/α-hetero) is 1. The topological polar surface area (TPSA) is 99.3 Å². The first kappa shape index (κ1) is 25.2. The number of allylic oxidation sites excluding steroid dienone is 2. The van der Waals surface area contributed by atoms with Gasteiger partial charge in [0, 0.05) is 24.2 Å². The highest BCUT2D eigenvalue weighted by molar-refractivity contribution is 6.25. The molecule has 0 spiro atoms. The van der Waals surface area contributed by atoms with Crippen molar-refractivity contribution in [3.05, 3.63) is 65.1 Å². The number of carbonyl (C=O) groups is 2. The summed E-state index contributed by atoms with van der Waals surface area (Å²) in [5.41, 5.74) is 9.16. The van der Waals surface area contributed by atoms with Gasteiger partial charge in [-0.2, -0.15) is 5.10 Å². The maximum atomic E-state index is 13.8. The predicted octanol–water partition coefficient (Wildman–Crippen LogP) is 4.84. The Balaban J connectivity index is 1.36. The van der Waals surface area contributed by atoms with Crippen molar-refractivity contribution in [1.29, 1.82) is 0 Å². The van der Waals surface area contributed by atoms with Crippen LogP contribution in [0.25, 0.3) is 16.8 Å². The number of aromatic amines is 1. The van der Waals surface area contributed by atoms with Crippen molar-refractivity contribution in [2.24, 2.45) is 5.92 Å². The fourth-order valence-electron chi connectivity index (χ4n) is 5.51. The van der Waals surface area contributed by atoms with E-state index in [1.165, 1.54) is 26.2 Å². The largest absolute Gasteiger partial charge is 0.361 e. The van der Waals surface area contributed by atoms with Crippen molar-refractivity contribution in [2.75, 3.05) is 25.0 Å². The van der Waals surface area contributed by atoms with E-state index in [1.807, 2.05) is 37.3 Å². The van der Waals surface area contributed by atoms with Crippen LogP contribution in [-0.2, 0) is 9.53 Å². The number of aromatic nitrogens is 2. The van der Waals surface area contributed by atoms with E-state index in [1.54, 1.807) is 0 Å². The summed E-state index contributed by atoms with van der Waals surface area (Å²) in [6.45, 7) is 11.9. The standard InChI is InChI=1S/C29H35N5O3/c1-5-19-12-14-34(15-13-19)33-18(4)30-23-9-7-8-21-24(23)28(36)25-26(21)31-32-27(25)22-11-10-20(6-2)29(22)37-16-17(3)35/h7-11,19,29-30,33H,4-6,12-16H2,1-3H3,(H,31,32). The molecule has 1 aromatic heterocycles. The molecule has 0 bridgehead atoms. The summed E-state index contributed by atoms with van der Waals surface area (Å²) < 4.78 is 5.95.